The van der Waals surface area contributed by atoms with Crippen LogP contribution in [0.1, 0.15) is 25.8 Å². The van der Waals surface area contributed by atoms with Gasteiger partial charge in [-0.1, -0.05) is 5.16 Å². The predicted molar refractivity (Wildman–Crippen MR) is 125 cm³/mol. The van der Waals surface area contributed by atoms with Crippen molar-refractivity contribution in [3.05, 3.63) is 57.4 Å². The van der Waals surface area contributed by atoms with Gasteiger partial charge in [-0.3, -0.25) is 4.79 Å². The molecule has 1 aromatic carbocycles. The van der Waals surface area contributed by atoms with Crippen molar-refractivity contribution in [3.63, 3.8) is 0 Å². The monoisotopic (exact) mass is 470 g/mol. The van der Waals surface area contributed by atoms with Crippen LogP contribution in [0.2, 0.25) is 0 Å². The molecule has 8 nitrogen and oxygen atoms in total. The Bertz CT molecular complexity index is 1430. The molecular weight excluding hydrogens is 448 g/mol. The summed E-state index contributed by atoms with van der Waals surface area (Å²) in [6, 6.07) is 9.80. The third kappa shape index (κ3) is 3.92. The molecule has 1 N–H and O–H groups in total. The van der Waals surface area contributed by atoms with Crippen molar-refractivity contribution in [2.75, 3.05) is 19.4 Å². The first kappa shape index (κ1) is 22.1. The lowest BCUT2D eigenvalue weighted by Crippen LogP contribution is -2.22. The van der Waals surface area contributed by atoms with Gasteiger partial charge >= 0.3 is 0 Å². The number of thiophene rings is 1. The Labute approximate surface area is 189 Å². The van der Waals surface area contributed by atoms with E-state index in [-0.39, 0.29) is 10.8 Å². The summed E-state index contributed by atoms with van der Waals surface area (Å²) in [4.78, 5) is 20.2. The molecule has 0 unspecified atom stereocenters. The molecule has 0 saturated carbocycles. The second-order valence-electron chi connectivity index (χ2n) is 7.60. The molecule has 4 rings (SSSR count). The highest BCUT2D eigenvalue weighted by molar-refractivity contribution is 7.89. The number of carbonyl (C=O) groups is 1. The third-order valence-electron chi connectivity index (χ3n) is 5.07. The van der Waals surface area contributed by atoms with Gasteiger partial charge in [0, 0.05) is 35.1 Å². The summed E-state index contributed by atoms with van der Waals surface area (Å²) in [7, 11) is -0.612. The summed E-state index contributed by atoms with van der Waals surface area (Å²) in [5, 5.41) is 7.35. The van der Waals surface area contributed by atoms with Gasteiger partial charge in [-0.25, -0.2) is 17.7 Å². The average Bonchev–Trinajstić information content (AvgIpc) is 3.28. The normalized spacial score (nSPS) is 11.9. The van der Waals surface area contributed by atoms with E-state index in [9.17, 15) is 13.2 Å². The number of anilines is 1. The summed E-state index contributed by atoms with van der Waals surface area (Å²) in [5.74, 6) is -0.363. The number of aromatic nitrogens is 2. The first-order chi connectivity index (χ1) is 15.1. The average molecular weight is 471 g/mol. The number of hydrogen-bond acceptors (Lipinski definition) is 7. The molecule has 0 aliphatic rings. The molecule has 0 saturated heterocycles. The lowest BCUT2D eigenvalue weighted by Gasteiger charge is -2.12. The minimum atomic E-state index is -3.55. The number of nitrogens with one attached hydrogen (secondary N) is 1. The number of fused-ring (bicyclic) bond motifs is 1. The maximum absolute atomic E-state index is 13.2. The SMILES string of the molecule is Cc1cc(-c2cc(C(=O)Nc3ccc(S(=O)(=O)N(C)C)cc3)c3c(C)noc3n2)c(C)s1. The van der Waals surface area contributed by atoms with Crippen LogP contribution in [0.3, 0.4) is 0 Å². The zero-order chi connectivity index (χ0) is 23.2. The fourth-order valence-corrected chi connectivity index (χ4v) is 5.25. The van der Waals surface area contributed by atoms with Crippen LogP contribution >= 0.6 is 11.3 Å². The second-order valence-corrected chi connectivity index (χ2v) is 11.2. The maximum Gasteiger partial charge on any atom is 0.259 e. The van der Waals surface area contributed by atoms with Crippen molar-refractivity contribution in [1.29, 1.82) is 0 Å². The van der Waals surface area contributed by atoms with Crippen molar-refractivity contribution >= 4 is 44.1 Å². The van der Waals surface area contributed by atoms with Gasteiger partial charge in [-0.05, 0) is 57.2 Å². The highest BCUT2D eigenvalue weighted by Gasteiger charge is 2.21. The van der Waals surface area contributed by atoms with Crippen molar-refractivity contribution in [2.45, 2.75) is 25.7 Å². The van der Waals surface area contributed by atoms with Crippen molar-refractivity contribution in [3.8, 4) is 11.3 Å². The van der Waals surface area contributed by atoms with E-state index < -0.39 is 10.0 Å². The molecule has 3 aromatic heterocycles. The summed E-state index contributed by atoms with van der Waals surface area (Å²) in [6.07, 6.45) is 0. The Morgan fingerprint density at radius 1 is 1.09 bits per heavy atom. The zero-order valence-corrected chi connectivity index (χ0v) is 19.9. The van der Waals surface area contributed by atoms with E-state index in [0.717, 1.165) is 19.6 Å². The molecule has 0 fully saturated rings. The van der Waals surface area contributed by atoms with Crippen LogP contribution in [0.15, 0.2) is 45.8 Å². The molecule has 4 aromatic rings. The van der Waals surface area contributed by atoms with Gasteiger partial charge in [0.15, 0.2) is 0 Å². The molecule has 10 heteroatoms. The number of amides is 1. The molecule has 32 heavy (non-hydrogen) atoms. The lowest BCUT2D eigenvalue weighted by atomic mass is 10.1. The molecule has 0 spiro atoms. The molecule has 0 aliphatic carbocycles. The third-order valence-corrected chi connectivity index (χ3v) is 7.86. The van der Waals surface area contributed by atoms with Gasteiger partial charge in [0.2, 0.25) is 10.0 Å². The lowest BCUT2D eigenvalue weighted by molar-refractivity contribution is 0.102. The van der Waals surface area contributed by atoms with Crippen LogP contribution in [-0.2, 0) is 10.0 Å². The Morgan fingerprint density at radius 3 is 2.38 bits per heavy atom. The number of nitrogens with zero attached hydrogens (tertiary/aromatic N) is 3. The second kappa shape index (κ2) is 8.12. The van der Waals surface area contributed by atoms with Crippen LogP contribution in [0.5, 0.6) is 0 Å². The standard InChI is InChI=1S/C22H22N4O4S2/c1-12-10-17(14(3)31-12)19-11-18(20-13(2)25-30-22(20)24-19)21(27)23-15-6-8-16(9-7-15)32(28,29)26(4)5/h6-11H,1-5H3,(H,23,27). The number of benzene rings is 1. The van der Waals surface area contributed by atoms with Gasteiger partial charge in [0.05, 0.1) is 27.2 Å². The first-order valence-corrected chi connectivity index (χ1v) is 12.0. The minimum absolute atomic E-state index is 0.146. The van der Waals surface area contributed by atoms with Crippen molar-refractivity contribution in [1.82, 2.24) is 14.4 Å². The van der Waals surface area contributed by atoms with Crippen LogP contribution in [-0.4, -0.2) is 42.9 Å². The van der Waals surface area contributed by atoms with E-state index >= 15 is 0 Å². The number of hydrogen-bond donors (Lipinski definition) is 1. The summed E-state index contributed by atoms with van der Waals surface area (Å²) in [6.45, 7) is 5.78. The van der Waals surface area contributed by atoms with E-state index in [2.05, 4.69) is 15.5 Å². The Balaban J connectivity index is 1.72. The topological polar surface area (TPSA) is 105 Å². The molecule has 0 aliphatic heterocycles. The molecule has 0 radical (unpaired) electrons. The van der Waals surface area contributed by atoms with Crippen LogP contribution < -0.4 is 5.32 Å². The molecule has 1 amide bonds. The molecule has 0 bridgehead atoms. The highest BCUT2D eigenvalue weighted by atomic mass is 32.2. The number of carbonyl (C=O) groups excluding carboxylic acids is 1. The van der Waals surface area contributed by atoms with Crippen LogP contribution in [0, 0.1) is 20.8 Å². The van der Waals surface area contributed by atoms with Crippen molar-refractivity contribution < 1.29 is 17.7 Å². The number of sulfonamides is 1. The van der Waals surface area contributed by atoms with E-state index in [1.165, 1.54) is 26.2 Å². The highest BCUT2D eigenvalue weighted by Crippen LogP contribution is 2.33. The summed E-state index contributed by atoms with van der Waals surface area (Å²) in [5.41, 5.74) is 3.28. The van der Waals surface area contributed by atoms with Gasteiger partial charge in [0.1, 0.15) is 0 Å². The van der Waals surface area contributed by atoms with E-state index in [1.54, 1.807) is 36.5 Å². The largest absolute Gasteiger partial charge is 0.335 e. The molecule has 3 heterocycles. The first-order valence-electron chi connectivity index (χ1n) is 9.76. The van der Waals surface area contributed by atoms with Crippen molar-refractivity contribution in [2.24, 2.45) is 0 Å². The van der Waals surface area contributed by atoms with E-state index in [1.807, 2.05) is 19.9 Å². The van der Waals surface area contributed by atoms with Gasteiger partial charge in [0.25, 0.3) is 11.6 Å². The Morgan fingerprint density at radius 2 is 1.78 bits per heavy atom. The molecule has 166 valence electrons. The minimum Gasteiger partial charge on any atom is -0.335 e. The summed E-state index contributed by atoms with van der Waals surface area (Å²) >= 11 is 1.66. The van der Waals surface area contributed by atoms with Crippen LogP contribution in [0.25, 0.3) is 22.4 Å². The van der Waals surface area contributed by atoms with Crippen LogP contribution in [0.4, 0.5) is 5.69 Å². The quantitative estimate of drug-likeness (QED) is 0.464. The Kier molecular flexibility index (Phi) is 5.61. The molecule has 0 atom stereocenters. The summed E-state index contributed by atoms with van der Waals surface area (Å²) < 4.78 is 31.0. The molecular formula is C22H22N4O4S2. The fraction of sp³-hybridized carbons (Fsp3) is 0.227. The zero-order valence-electron chi connectivity index (χ0n) is 18.3. The Hall–Kier alpha value is -3.08. The number of pyridine rings is 1. The van der Waals surface area contributed by atoms with E-state index in [4.69, 9.17) is 4.52 Å². The van der Waals surface area contributed by atoms with Gasteiger partial charge in [-0.15, -0.1) is 11.3 Å². The van der Waals surface area contributed by atoms with Gasteiger partial charge in [-0.2, -0.15) is 0 Å². The number of rotatable bonds is 5. The smallest absolute Gasteiger partial charge is 0.259 e. The van der Waals surface area contributed by atoms with Gasteiger partial charge < -0.3 is 9.84 Å². The number of aryl methyl sites for hydroxylation is 3. The van der Waals surface area contributed by atoms with E-state index in [0.29, 0.717) is 33.7 Å². The predicted octanol–water partition coefficient (Wildman–Crippen LogP) is 4.38. The maximum atomic E-state index is 13.2. The fourth-order valence-electron chi connectivity index (χ4n) is 3.42.